The van der Waals surface area contributed by atoms with E-state index in [1.165, 1.54) is 55.6 Å². The van der Waals surface area contributed by atoms with Crippen LogP contribution in [-0.4, -0.2) is 39.1 Å². The summed E-state index contributed by atoms with van der Waals surface area (Å²) >= 11 is 0.808. The van der Waals surface area contributed by atoms with Crippen LogP contribution >= 0.6 is 11.3 Å². The maximum Gasteiger partial charge on any atom is 0.325 e. The second kappa shape index (κ2) is 10.5. The van der Waals surface area contributed by atoms with E-state index in [2.05, 4.69) is 14.5 Å². The average Bonchev–Trinajstić information content (AvgIpc) is 3.20. The molecule has 0 saturated heterocycles. The quantitative estimate of drug-likeness (QED) is 0.353. The second-order valence-corrected chi connectivity index (χ2v) is 10.3. The summed E-state index contributed by atoms with van der Waals surface area (Å²) in [6.45, 7) is -0.465. The fraction of sp³-hybridized carbons (Fsp3) is 0.125. The number of ether oxygens (including phenoxy) is 2. The van der Waals surface area contributed by atoms with Crippen molar-refractivity contribution in [2.75, 3.05) is 18.9 Å². The number of sulfonamides is 1. The normalized spacial score (nSPS) is 11.9. The van der Waals surface area contributed by atoms with Gasteiger partial charge < -0.3 is 14.0 Å². The van der Waals surface area contributed by atoms with Crippen LogP contribution in [0.15, 0.2) is 70.6 Å². The van der Waals surface area contributed by atoms with Crippen molar-refractivity contribution in [2.45, 2.75) is 11.4 Å². The molecule has 0 spiro atoms. The first-order chi connectivity index (χ1) is 17.6. The Bertz CT molecular complexity index is 1680. The number of carbonyl (C=O) groups is 2. The van der Waals surface area contributed by atoms with Crippen molar-refractivity contribution in [1.29, 1.82) is 0 Å². The number of hydrogen-bond donors (Lipinski definition) is 1. The lowest BCUT2D eigenvalue weighted by molar-refractivity contribution is -0.141. The number of halogens is 2. The van der Waals surface area contributed by atoms with Crippen LogP contribution in [0.25, 0.3) is 10.2 Å². The Morgan fingerprint density at radius 1 is 1.05 bits per heavy atom. The first-order valence-electron chi connectivity index (χ1n) is 10.5. The van der Waals surface area contributed by atoms with Gasteiger partial charge in [0, 0.05) is 17.3 Å². The van der Waals surface area contributed by atoms with E-state index in [4.69, 9.17) is 4.74 Å². The number of rotatable bonds is 7. The summed E-state index contributed by atoms with van der Waals surface area (Å²) in [6, 6.07) is 13.1. The zero-order valence-corrected chi connectivity index (χ0v) is 21.0. The Labute approximate surface area is 213 Å². The Balaban J connectivity index is 1.69. The fourth-order valence-electron chi connectivity index (χ4n) is 3.39. The fourth-order valence-corrected chi connectivity index (χ4v) is 5.51. The highest BCUT2D eigenvalue weighted by molar-refractivity contribution is 7.92. The molecule has 0 aliphatic heterocycles. The van der Waals surface area contributed by atoms with E-state index in [0.29, 0.717) is 11.8 Å². The second-order valence-electron chi connectivity index (χ2n) is 7.56. The highest BCUT2D eigenvalue weighted by atomic mass is 32.2. The summed E-state index contributed by atoms with van der Waals surface area (Å²) in [5.74, 6) is -2.80. The van der Waals surface area contributed by atoms with Gasteiger partial charge in [0.25, 0.3) is 15.9 Å². The zero-order valence-electron chi connectivity index (χ0n) is 19.4. The summed E-state index contributed by atoms with van der Waals surface area (Å²) in [5, 5.41) is 0. The van der Waals surface area contributed by atoms with Gasteiger partial charge in [0.15, 0.2) is 10.6 Å². The highest BCUT2D eigenvalue weighted by Crippen LogP contribution is 2.23. The standard InChI is InChI=1S/C24H19F2N3O6S2/c1-34-17-6-8-18(9-7-17)37(32,33)28-16-5-3-4-14(10-16)23(31)27-24-29(13-21(30)35-2)22-19(26)11-15(25)12-20(22)36-24/h3-12,28H,13H2,1-2H3. The average molecular weight is 548 g/mol. The lowest BCUT2D eigenvalue weighted by atomic mass is 10.2. The Morgan fingerprint density at radius 2 is 1.78 bits per heavy atom. The number of hydrogen-bond acceptors (Lipinski definition) is 7. The number of anilines is 1. The van der Waals surface area contributed by atoms with Crippen LogP contribution in [0, 0.1) is 11.6 Å². The van der Waals surface area contributed by atoms with E-state index in [-0.39, 0.29) is 31.2 Å². The summed E-state index contributed by atoms with van der Waals surface area (Å²) in [5.41, 5.74) is 0.0109. The molecule has 0 fully saturated rings. The van der Waals surface area contributed by atoms with Crippen molar-refractivity contribution in [3.8, 4) is 5.75 Å². The molecule has 3 aromatic carbocycles. The molecule has 0 atom stereocenters. The first kappa shape index (κ1) is 26.0. The molecular weight excluding hydrogens is 528 g/mol. The van der Waals surface area contributed by atoms with Gasteiger partial charge in [-0.15, -0.1) is 0 Å². The lowest BCUT2D eigenvalue weighted by Crippen LogP contribution is -2.23. The number of esters is 1. The Morgan fingerprint density at radius 3 is 2.46 bits per heavy atom. The van der Waals surface area contributed by atoms with Gasteiger partial charge in [-0.25, -0.2) is 17.2 Å². The van der Waals surface area contributed by atoms with Crippen LogP contribution < -0.4 is 14.3 Å². The van der Waals surface area contributed by atoms with Crippen LogP contribution in [0.2, 0.25) is 0 Å². The van der Waals surface area contributed by atoms with Gasteiger partial charge in [-0.2, -0.15) is 4.99 Å². The predicted octanol–water partition coefficient (Wildman–Crippen LogP) is 3.70. The van der Waals surface area contributed by atoms with Crippen molar-refractivity contribution in [1.82, 2.24) is 4.57 Å². The molecule has 0 saturated carbocycles. The molecule has 1 aromatic heterocycles. The van der Waals surface area contributed by atoms with Crippen LogP contribution in [0.5, 0.6) is 5.75 Å². The molecule has 9 nitrogen and oxygen atoms in total. The summed E-state index contributed by atoms with van der Waals surface area (Å²) in [4.78, 5) is 28.8. The Kier molecular flexibility index (Phi) is 7.36. The van der Waals surface area contributed by atoms with E-state index in [1.807, 2.05) is 0 Å². The summed E-state index contributed by atoms with van der Waals surface area (Å²) < 4.78 is 67.1. The van der Waals surface area contributed by atoms with Crippen molar-refractivity contribution >= 4 is 49.1 Å². The maximum absolute atomic E-state index is 14.5. The number of benzene rings is 3. The number of aromatic nitrogens is 1. The molecule has 0 unspecified atom stereocenters. The minimum Gasteiger partial charge on any atom is -0.497 e. The summed E-state index contributed by atoms with van der Waals surface area (Å²) in [6.07, 6.45) is 0. The van der Waals surface area contributed by atoms with Crippen LogP contribution in [-0.2, 0) is 26.1 Å². The van der Waals surface area contributed by atoms with Gasteiger partial charge in [0.2, 0.25) is 0 Å². The molecule has 0 aliphatic rings. The maximum atomic E-state index is 14.5. The zero-order chi connectivity index (χ0) is 26.7. The molecule has 0 bridgehead atoms. The number of fused-ring (bicyclic) bond motifs is 1. The van der Waals surface area contributed by atoms with E-state index in [1.54, 1.807) is 0 Å². The van der Waals surface area contributed by atoms with Gasteiger partial charge in [-0.1, -0.05) is 17.4 Å². The largest absolute Gasteiger partial charge is 0.497 e. The van der Waals surface area contributed by atoms with E-state index < -0.39 is 40.1 Å². The van der Waals surface area contributed by atoms with Gasteiger partial charge in [-0.05, 0) is 48.5 Å². The minimum atomic E-state index is -3.97. The van der Waals surface area contributed by atoms with Gasteiger partial charge in [-0.3, -0.25) is 14.3 Å². The molecule has 1 N–H and O–H groups in total. The van der Waals surface area contributed by atoms with Crippen molar-refractivity contribution < 1.29 is 36.3 Å². The third-order valence-corrected chi connectivity index (χ3v) is 7.56. The minimum absolute atomic E-state index is 0.0156. The number of nitrogens with one attached hydrogen (secondary N) is 1. The molecule has 1 heterocycles. The molecule has 1 amide bonds. The van der Waals surface area contributed by atoms with Crippen LogP contribution in [0.4, 0.5) is 14.5 Å². The van der Waals surface area contributed by atoms with Crippen molar-refractivity contribution in [2.24, 2.45) is 4.99 Å². The number of thiazole rings is 1. The summed E-state index contributed by atoms with van der Waals surface area (Å²) in [7, 11) is -1.36. The Hall–Kier alpha value is -4.10. The van der Waals surface area contributed by atoms with E-state index >= 15 is 0 Å². The van der Waals surface area contributed by atoms with Crippen molar-refractivity contribution in [3.05, 3.63) is 82.7 Å². The van der Waals surface area contributed by atoms with Crippen LogP contribution in [0.1, 0.15) is 10.4 Å². The molecule has 0 radical (unpaired) electrons. The third-order valence-electron chi connectivity index (χ3n) is 5.14. The van der Waals surface area contributed by atoms with E-state index in [9.17, 15) is 26.8 Å². The smallest absolute Gasteiger partial charge is 0.325 e. The van der Waals surface area contributed by atoms with E-state index in [0.717, 1.165) is 29.1 Å². The predicted molar refractivity (Wildman–Crippen MR) is 132 cm³/mol. The SMILES string of the molecule is COC(=O)Cn1c(=NC(=O)c2cccc(NS(=O)(=O)c3ccc(OC)cc3)c2)sc2cc(F)cc(F)c21. The van der Waals surface area contributed by atoms with Gasteiger partial charge in [0.05, 0.1) is 29.3 Å². The monoisotopic (exact) mass is 547 g/mol. The number of methoxy groups -OCH3 is 2. The molecule has 37 heavy (non-hydrogen) atoms. The molecule has 13 heteroatoms. The molecule has 0 aliphatic carbocycles. The lowest BCUT2D eigenvalue weighted by Gasteiger charge is -2.09. The van der Waals surface area contributed by atoms with Gasteiger partial charge in [0.1, 0.15) is 18.1 Å². The first-order valence-corrected chi connectivity index (χ1v) is 12.8. The molecule has 4 aromatic rings. The van der Waals surface area contributed by atoms with Crippen molar-refractivity contribution in [3.63, 3.8) is 0 Å². The molecule has 4 rings (SSSR count). The number of nitrogens with zero attached hydrogens (tertiary/aromatic N) is 2. The van der Waals surface area contributed by atoms with Gasteiger partial charge >= 0.3 is 5.97 Å². The van der Waals surface area contributed by atoms with Crippen LogP contribution in [0.3, 0.4) is 0 Å². The highest BCUT2D eigenvalue weighted by Gasteiger charge is 2.18. The molecular formula is C24H19F2N3O6S2. The number of amides is 1. The third kappa shape index (κ3) is 5.67. The molecule has 192 valence electrons. The topological polar surface area (TPSA) is 116 Å². The number of carbonyl (C=O) groups excluding carboxylic acids is 2.